The summed E-state index contributed by atoms with van der Waals surface area (Å²) in [5.41, 5.74) is 1.22. The predicted molar refractivity (Wildman–Crippen MR) is 50.0 cm³/mol. The van der Waals surface area contributed by atoms with Crippen LogP contribution in [0.25, 0.3) is 0 Å². The van der Waals surface area contributed by atoms with E-state index in [1.54, 1.807) is 4.68 Å². The Hall–Kier alpha value is -0.830. The fourth-order valence-electron chi connectivity index (χ4n) is 0.814. The molecule has 0 aliphatic rings. The number of hydrogen-bond acceptors (Lipinski definition) is 2. The molecule has 1 aromatic heterocycles. The van der Waals surface area contributed by atoms with E-state index in [4.69, 9.17) is 5.11 Å². The van der Waals surface area contributed by atoms with E-state index in [1.807, 2.05) is 26.2 Å². The summed E-state index contributed by atoms with van der Waals surface area (Å²) in [6.45, 7) is 6.84. The van der Waals surface area contributed by atoms with Crippen LogP contribution >= 0.6 is 0 Å². The van der Waals surface area contributed by atoms with Crippen molar-refractivity contribution in [2.75, 3.05) is 6.61 Å². The number of aryl methyl sites for hydroxylation is 1. The third-order valence-electron chi connectivity index (χ3n) is 1.42. The molecular weight excluding hydrogens is 152 g/mol. The molecule has 0 unspecified atom stereocenters. The normalized spacial score (nSPS) is 9.00. The van der Waals surface area contributed by atoms with E-state index in [1.165, 1.54) is 5.56 Å². The Morgan fingerprint density at radius 3 is 2.58 bits per heavy atom. The Kier molecular flexibility index (Phi) is 6.38. The Labute approximate surface area is 74.0 Å². The number of aromatic nitrogens is 2. The van der Waals surface area contributed by atoms with Gasteiger partial charge in [0.05, 0.1) is 19.3 Å². The van der Waals surface area contributed by atoms with Gasteiger partial charge >= 0.3 is 0 Å². The third kappa shape index (κ3) is 3.53. The van der Waals surface area contributed by atoms with Crippen LogP contribution < -0.4 is 0 Å². The lowest BCUT2D eigenvalue weighted by atomic mass is 10.3. The third-order valence-corrected chi connectivity index (χ3v) is 1.42. The van der Waals surface area contributed by atoms with Crippen molar-refractivity contribution in [2.45, 2.75) is 33.7 Å². The fraction of sp³-hybridized carbons (Fsp3) is 0.667. The van der Waals surface area contributed by atoms with Gasteiger partial charge in [-0.2, -0.15) is 5.10 Å². The quantitative estimate of drug-likeness (QED) is 0.746. The van der Waals surface area contributed by atoms with Gasteiger partial charge in [0.25, 0.3) is 0 Å². The van der Waals surface area contributed by atoms with Crippen molar-refractivity contribution in [2.24, 2.45) is 0 Å². The molecule has 70 valence electrons. The molecule has 0 spiro atoms. The SMILES string of the molecule is CC.CCc1cnn(CCO)c1. The molecule has 3 nitrogen and oxygen atoms in total. The molecule has 0 aliphatic carbocycles. The molecule has 0 saturated carbocycles. The summed E-state index contributed by atoms with van der Waals surface area (Å²) in [5, 5.41) is 12.6. The first-order valence-electron chi connectivity index (χ1n) is 4.49. The highest BCUT2D eigenvalue weighted by molar-refractivity contribution is 5.02. The van der Waals surface area contributed by atoms with Crippen molar-refractivity contribution in [1.29, 1.82) is 0 Å². The van der Waals surface area contributed by atoms with Crippen LogP contribution in [0.2, 0.25) is 0 Å². The molecule has 1 N–H and O–H groups in total. The minimum atomic E-state index is 0.158. The Balaban J connectivity index is 0.000000561. The molecule has 12 heavy (non-hydrogen) atoms. The van der Waals surface area contributed by atoms with Gasteiger partial charge < -0.3 is 5.11 Å². The van der Waals surface area contributed by atoms with E-state index in [-0.39, 0.29) is 6.61 Å². The van der Waals surface area contributed by atoms with Crippen LogP contribution in [0, 0.1) is 0 Å². The van der Waals surface area contributed by atoms with E-state index in [0.29, 0.717) is 6.54 Å². The molecule has 0 aliphatic heterocycles. The van der Waals surface area contributed by atoms with Gasteiger partial charge in [-0.1, -0.05) is 20.8 Å². The van der Waals surface area contributed by atoms with Crippen LogP contribution in [0.15, 0.2) is 12.4 Å². The molecule has 0 saturated heterocycles. The van der Waals surface area contributed by atoms with Gasteiger partial charge in [0, 0.05) is 6.20 Å². The first-order valence-corrected chi connectivity index (χ1v) is 4.49. The summed E-state index contributed by atoms with van der Waals surface area (Å²) in [7, 11) is 0. The molecule has 0 fully saturated rings. The highest BCUT2D eigenvalue weighted by Gasteiger charge is 1.93. The monoisotopic (exact) mass is 170 g/mol. The van der Waals surface area contributed by atoms with E-state index in [9.17, 15) is 0 Å². The largest absolute Gasteiger partial charge is 0.394 e. The van der Waals surface area contributed by atoms with Gasteiger partial charge in [-0.15, -0.1) is 0 Å². The maximum absolute atomic E-state index is 8.54. The van der Waals surface area contributed by atoms with Crippen molar-refractivity contribution in [3.63, 3.8) is 0 Å². The Morgan fingerprint density at radius 1 is 1.50 bits per heavy atom. The average molecular weight is 170 g/mol. The van der Waals surface area contributed by atoms with E-state index < -0.39 is 0 Å². The van der Waals surface area contributed by atoms with Crippen LogP contribution in [-0.4, -0.2) is 21.5 Å². The zero-order valence-corrected chi connectivity index (χ0v) is 8.12. The second kappa shape index (κ2) is 6.85. The number of rotatable bonds is 3. The summed E-state index contributed by atoms with van der Waals surface area (Å²) in [4.78, 5) is 0. The predicted octanol–water partition coefficient (Wildman–Crippen LogP) is 1.46. The zero-order chi connectivity index (χ0) is 9.40. The number of aliphatic hydroxyl groups excluding tert-OH is 1. The summed E-state index contributed by atoms with van der Waals surface area (Å²) >= 11 is 0. The van der Waals surface area contributed by atoms with E-state index >= 15 is 0 Å². The highest BCUT2D eigenvalue weighted by atomic mass is 16.3. The molecule has 0 atom stereocenters. The van der Waals surface area contributed by atoms with Crippen molar-refractivity contribution < 1.29 is 5.11 Å². The second-order valence-corrected chi connectivity index (χ2v) is 2.19. The topological polar surface area (TPSA) is 38.0 Å². The summed E-state index contributed by atoms with van der Waals surface area (Å²) < 4.78 is 1.75. The number of nitrogens with zero attached hydrogens (tertiary/aromatic N) is 2. The number of aliphatic hydroxyl groups is 1. The van der Waals surface area contributed by atoms with Crippen molar-refractivity contribution in [1.82, 2.24) is 9.78 Å². The van der Waals surface area contributed by atoms with Crippen molar-refractivity contribution >= 4 is 0 Å². The van der Waals surface area contributed by atoms with E-state index in [0.717, 1.165) is 6.42 Å². The van der Waals surface area contributed by atoms with Gasteiger partial charge in [-0.3, -0.25) is 4.68 Å². The standard InChI is InChI=1S/C7H12N2O.C2H6/c1-2-7-5-8-9(6-7)3-4-10;1-2/h5-6,10H,2-4H2,1H3;1-2H3. The van der Waals surface area contributed by atoms with Crippen molar-refractivity contribution in [3.05, 3.63) is 18.0 Å². The van der Waals surface area contributed by atoms with Crippen molar-refractivity contribution in [3.8, 4) is 0 Å². The van der Waals surface area contributed by atoms with Crippen LogP contribution in [0.3, 0.4) is 0 Å². The second-order valence-electron chi connectivity index (χ2n) is 2.19. The van der Waals surface area contributed by atoms with Gasteiger partial charge in [0.2, 0.25) is 0 Å². The number of hydrogen-bond donors (Lipinski definition) is 1. The smallest absolute Gasteiger partial charge is 0.0640 e. The first-order chi connectivity index (χ1) is 5.86. The average Bonchev–Trinajstić information content (AvgIpc) is 2.57. The minimum Gasteiger partial charge on any atom is -0.394 e. The van der Waals surface area contributed by atoms with E-state index in [2.05, 4.69) is 12.0 Å². The van der Waals surface area contributed by atoms with Gasteiger partial charge in [-0.05, 0) is 12.0 Å². The molecule has 0 aromatic carbocycles. The molecule has 1 rings (SSSR count). The zero-order valence-electron chi connectivity index (χ0n) is 8.12. The molecule has 1 aromatic rings. The first kappa shape index (κ1) is 11.2. The lowest BCUT2D eigenvalue weighted by molar-refractivity contribution is 0.269. The van der Waals surface area contributed by atoms with Crippen LogP contribution in [-0.2, 0) is 13.0 Å². The van der Waals surface area contributed by atoms with Gasteiger partial charge in [0.1, 0.15) is 0 Å². The highest BCUT2D eigenvalue weighted by Crippen LogP contribution is 1.96. The Bertz CT molecular complexity index is 196. The van der Waals surface area contributed by atoms with Gasteiger partial charge in [-0.25, -0.2) is 0 Å². The maximum Gasteiger partial charge on any atom is 0.0640 e. The molecule has 3 heteroatoms. The molecule has 0 bridgehead atoms. The molecular formula is C9H18N2O. The summed E-state index contributed by atoms with van der Waals surface area (Å²) in [5.74, 6) is 0. The summed E-state index contributed by atoms with van der Waals surface area (Å²) in [6, 6.07) is 0. The van der Waals surface area contributed by atoms with Crippen LogP contribution in [0.4, 0.5) is 0 Å². The minimum absolute atomic E-state index is 0.158. The van der Waals surface area contributed by atoms with Crippen LogP contribution in [0.1, 0.15) is 26.3 Å². The van der Waals surface area contributed by atoms with Crippen LogP contribution in [0.5, 0.6) is 0 Å². The van der Waals surface area contributed by atoms with Gasteiger partial charge in [0.15, 0.2) is 0 Å². The summed E-state index contributed by atoms with van der Waals surface area (Å²) in [6.07, 6.45) is 4.79. The molecule has 0 amide bonds. The molecule has 1 heterocycles. The lowest BCUT2D eigenvalue weighted by Crippen LogP contribution is -2.01. The lowest BCUT2D eigenvalue weighted by Gasteiger charge is -1.93. The maximum atomic E-state index is 8.54. The Morgan fingerprint density at radius 2 is 2.17 bits per heavy atom. The molecule has 0 radical (unpaired) electrons. The fourth-order valence-corrected chi connectivity index (χ4v) is 0.814.